The average molecular weight is 353 g/mol. The van der Waals surface area contributed by atoms with Gasteiger partial charge in [-0.2, -0.15) is 0 Å². The van der Waals surface area contributed by atoms with E-state index in [-0.39, 0.29) is 25.0 Å². The van der Waals surface area contributed by atoms with Crippen molar-refractivity contribution in [2.45, 2.75) is 6.92 Å². The molecule has 0 fully saturated rings. The van der Waals surface area contributed by atoms with Crippen LogP contribution in [0.5, 0.6) is 0 Å². The summed E-state index contributed by atoms with van der Waals surface area (Å²) < 4.78 is 0. The number of aliphatic hydroxyl groups excluding tert-OH is 1. The number of anilines is 1. The van der Waals surface area contributed by atoms with Gasteiger partial charge in [0.05, 0.1) is 22.2 Å². The molecule has 2 N–H and O–H groups in total. The summed E-state index contributed by atoms with van der Waals surface area (Å²) in [4.78, 5) is 26.6. The van der Waals surface area contributed by atoms with Crippen LogP contribution in [0.2, 0.25) is 5.02 Å². The Labute approximate surface area is 143 Å². The number of nitrogens with zero attached hydrogens (tertiary/aromatic N) is 1. The van der Waals surface area contributed by atoms with Crippen LogP contribution in [0.1, 0.15) is 27.0 Å². The molecular weight excluding hydrogens is 336 g/mol. The third kappa shape index (κ3) is 4.31. The number of carbonyl (C=O) groups excluding carboxylic acids is 2. The van der Waals surface area contributed by atoms with Crippen molar-refractivity contribution in [2.75, 3.05) is 25.0 Å². The summed E-state index contributed by atoms with van der Waals surface area (Å²) >= 11 is 7.43. The van der Waals surface area contributed by atoms with Gasteiger partial charge < -0.3 is 15.3 Å². The summed E-state index contributed by atoms with van der Waals surface area (Å²) in [6, 6.07) is 8.23. The molecule has 1 heterocycles. The molecule has 23 heavy (non-hydrogen) atoms. The molecule has 0 atom stereocenters. The molecule has 0 aliphatic rings. The number of hydrogen-bond donors (Lipinski definition) is 2. The number of rotatable bonds is 6. The monoisotopic (exact) mass is 352 g/mol. The minimum atomic E-state index is -0.269. The highest BCUT2D eigenvalue weighted by atomic mass is 35.5. The van der Waals surface area contributed by atoms with Crippen molar-refractivity contribution in [1.82, 2.24) is 4.90 Å². The first-order valence-electron chi connectivity index (χ1n) is 7.11. The molecule has 2 amide bonds. The zero-order chi connectivity index (χ0) is 16.8. The SMILES string of the molecule is CCN(CCO)C(=O)c1ccc(Cl)c(NC(=O)c2cccs2)c1. The lowest BCUT2D eigenvalue weighted by Gasteiger charge is -2.20. The number of likely N-dealkylation sites (N-methyl/N-ethyl adjacent to an activating group) is 1. The summed E-state index contributed by atoms with van der Waals surface area (Å²) in [5, 5.41) is 13.9. The molecule has 2 aromatic rings. The number of benzene rings is 1. The van der Waals surface area contributed by atoms with Crippen molar-refractivity contribution in [3.63, 3.8) is 0 Å². The molecule has 0 bridgehead atoms. The Morgan fingerprint density at radius 1 is 1.35 bits per heavy atom. The molecule has 5 nitrogen and oxygen atoms in total. The van der Waals surface area contributed by atoms with E-state index >= 15 is 0 Å². The third-order valence-electron chi connectivity index (χ3n) is 3.25. The lowest BCUT2D eigenvalue weighted by Crippen LogP contribution is -2.33. The smallest absolute Gasteiger partial charge is 0.265 e. The molecule has 2 rings (SSSR count). The van der Waals surface area contributed by atoms with Crippen molar-refractivity contribution < 1.29 is 14.7 Å². The Morgan fingerprint density at radius 2 is 2.13 bits per heavy atom. The molecular formula is C16H17ClN2O3S. The molecule has 0 saturated carbocycles. The van der Waals surface area contributed by atoms with E-state index in [0.717, 1.165) is 0 Å². The van der Waals surface area contributed by atoms with Gasteiger partial charge in [-0.05, 0) is 36.6 Å². The van der Waals surface area contributed by atoms with E-state index in [1.54, 1.807) is 30.3 Å². The molecule has 1 aromatic heterocycles. The molecule has 122 valence electrons. The van der Waals surface area contributed by atoms with Gasteiger partial charge in [-0.1, -0.05) is 17.7 Å². The van der Waals surface area contributed by atoms with Crippen LogP contribution in [-0.2, 0) is 0 Å². The Balaban J connectivity index is 2.21. The Hall–Kier alpha value is -1.89. The van der Waals surface area contributed by atoms with Crippen molar-refractivity contribution in [3.05, 3.63) is 51.2 Å². The van der Waals surface area contributed by atoms with Gasteiger partial charge in [0.2, 0.25) is 0 Å². The number of hydrogen-bond acceptors (Lipinski definition) is 4. The summed E-state index contributed by atoms with van der Waals surface area (Å²) in [6.45, 7) is 2.48. The quantitative estimate of drug-likeness (QED) is 0.839. The maximum atomic E-state index is 12.4. The number of nitrogens with one attached hydrogen (secondary N) is 1. The first-order valence-corrected chi connectivity index (χ1v) is 8.37. The van der Waals surface area contributed by atoms with Crippen molar-refractivity contribution >= 4 is 40.4 Å². The van der Waals surface area contributed by atoms with Gasteiger partial charge in [-0.25, -0.2) is 0 Å². The fourth-order valence-electron chi connectivity index (χ4n) is 2.05. The lowest BCUT2D eigenvalue weighted by atomic mass is 10.1. The summed E-state index contributed by atoms with van der Waals surface area (Å²) in [5.41, 5.74) is 0.794. The normalized spacial score (nSPS) is 10.4. The number of halogens is 1. The third-order valence-corrected chi connectivity index (χ3v) is 4.44. The predicted molar refractivity (Wildman–Crippen MR) is 92.4 cm³/mol. The average Bonchev–Trinajstić information content (AvgIpc) is 3.08. The highest BCUT2D eigenvalue weighted by Crippen LogP contribution is 2.25. The van der Waals surface area contributed by atoms with E-state index in [2.05, 4.69) is 5.32 Å². The maximum Gasteiger partial charge on any atom is 0.265 e. The zero-order valence-corrected chi connectivity index (χ0v) is 14.2. The first-order chi connectivity index (χ1) is 11.1. The van der Waals surface area contributed by atoms with Gasteiger partial charge in [0, 0.05) is 18.7 Å². The van der Waals surface area contributed by atoms with Gasteiger partial charge in [-0.15, -0.1) is 11.3 Å². The number of carbonyl (C=O) groups is 2. The number of amides is 2. The number of thiophene rings is 1. The fourth-order valence-corrected chi connectivity index (χ4v) is 2.84. The van der Waals surface area contributed by atoms with Gasteiger partial charge >= 0.3 is 0 Å². The summed E-state index contributed by atoms with van der Waals surface area (Å²) in [5.74, 6) is -0.487. The van der Waals surface area contributed by atoms with Crippen LogP contribution in [-0.4, -0.2) is 41.5 Å². The van der Waals surface area contributed by atoms with E-state index in [9.17, 15) is 9.59 Å². The Bertz CT molecular complexity index is 689. The molecule has 0 aliphatic heterocycles. The first kappa shape index (κ1) is 17.5. The molecule has 0 unspecified atom stereocenters. The van der Waals surface area contributed by atoms with Crippen LogP contribution < -0.4 is 5.32 Å². The minimum Gasteiger partial charge on any atom is -0.395 e. The van der Waals surface area contributed by atoms with Crippen molar-refractivity contribution in [2.24, 2.45) is 0 Å². The molecule has 0 aliphatic carbocycles. The summed E-state index contributed by atoms with van der Waals surface area (Å²) in [7, 11) is 0. The second-order valence-corrected chi connectivity index (χ2v) is 6.09. The van der Waals surface area contributed by atoms with Crippen molar-refractivity contribution in [3.8, 4) is 0 Å². The van der Waals surface area contributed by atoms with E-state index in [1.807, 2.05) is 12.3 Å². The highest BCUT2D eigenvalue weighted by Gasteiger charge is 2.16. The second-order valence-electron chi connectivity index (χ2n) is 4.73. The predicted octanol–water partition coefficient (Wildman–Crippen LogP) is 3.11. The Morgan fingerprint density at radius 3 is 2.74 bits per heavy atom. The molecule has 0 radical (unpaired) electrons. The Kier molecular flexibility index (Phi) is 6.15. The molecule has 0 spiro atoms. The molecule has 1 aromatic carbocycles. The van der Waals surface area contributed by atoms with Crippen LogP contribution in [0.15, 0.2) is 35.7 Å². The van der Waals surface area contributed by atoms with E-state index in [4.69, 9.17) is 16.7 Å². The van der Waals surface area contributed by atoms with E-state index in [0.29, 0.717) is 27.7 Å². The van der Waals surface area contributed by atoms with Gasteiger partial charge in [0.15, 0.2) is 0 Å². The topological polar surface area (TPSA) is 69.6 Å². The molecule has 0 saturated heterocycles. The van der Waals surface area contributed by atoms with Crippen LogP contribution in [0.4, 0.5) is 5.69 Å². The van der Waals surface area contributed by atoms with Crippen LogP contribution in [0, 0.1) is 0 Å². The van der Waals surface area contributed by atoms with Gasteiger partial charge in [0.25, 0.3) is 11.8 Å². The standard InChI is InChI=1S/C16H17ClN2O3S/c1-2-19(7-8-20)16(22)11-5-6-12(17)13(10-11)18-15(21)14-4-3-9-23-14/h3-6,9-10,20H,2,7-8H2,1H3,(H,18,21). The van der Waals surface area contributed by atoms with Crippen LogP contribution in [0.3, 0.4) is 0 Å². The van der Waals surface area contributed by atoms with Crippen LogP contribution in [0.25, 0.3) is 0 Å². The van der Waals surface area contributed by atoms with Gasteiger partial charge in [-0.3, -0.25) is 9.59 Å². The van der Waals surface area contributed by atoms with E-state index < -0.39 is 0 Å². The zero-order valence-electron chi connectivity index (χ0n) is 12.6. The van der Waals surface area contributed by atoms with E-state index in [1.165, 1.54) is 16.2 Å². The largest absolute Gasteiger partial charge is 0.395 e. The lowest BCUT2D eigenvalue weighted by molar-refractivity contribution is 0.0732. The number of aliphatic hydroxyl groups is 1. The summed E-state index contributed by atoms with van der Waals surface area (Å²) in [6.07, 6.45) is 0. The van der Waals surface area contributed by atoms with Crippen molar-refractivity contribution in [1.29, 1.82) is 0 Å². The van der Waals surface area contributed by atoms with Crippen LogP contribution >= 0.6 is 22.9 Å². The highest BCUT2D eigenvalue weighted by molar-refractivity contribution is 7.12. The van der Waals surface area contributed by atoms with Gasteiger partial charge in [0.1, 0.15) is 0 Å². The fraction of sp³-hybridized carbons (Fsp3) is 0.250. The molecule has 7 heteroatoms. The minimum absolute atomic E-state index is 0.102. The maximum absolute atomic E-state index is 12.4. The second kappa shape index (κ2) is 8.10.